The highest BCUT2D eigenvalue weighted by Crippen LogP contribution is 2.27. The molecule has 160 valence electrons. The molecule has 2 aromatic carbocycles. The number of nitrogens with zero attached hydrogens (tertiary/aromatic N) is 2. The molecule has 3 N–H and O–H groups in total. The number of para-hydroxylation sites is 1. The maximum atomic E-state index is 13.0. The number of carbonyl (C=O) groups is 2. The Balaban J connectivity index is 1.63. The van der Waals surface area contributed by atoms with Crippen LogP contribution in [0.2, 0.25) is 0 Å². The van der Waals surface area contributed by atoms with Crippen LogP contribution >= 0.6 is 11.8 Å². The summed E-state index contributed by atoms with van der Waals surface area (Å²) in [5.41, 5.74) is 6.76. The first-order chi connectivity index (χ1) is 15.0. The van der Waals surface area contributed by atoms with Crippen LogP contribution in [-0.2, 0) is 17.8 Å². The maximum absolute atomic E-state index is 13.0. The molecule has 2 heterocycles. The predicted molar refractivity (Wildman–Crippen MR) is 122 cm³/mol. The standard InChI is InChI=1S/C23H24N4O3S/c24-20(28)14-31-19-8-5-4-7-17(19)26-22(29)15-10-11-16-18(13-15)25-21-9-3-1-2-6-12-27(21)23(16)30/h4-5,7-8,10-11,13H,1-3,6,9,12,14H2,(H2,24,28)(H,26,29). The van der Waals surface area contributed by atoms with E-state index >= 15 is 0 Å². The summed E-state index contributed by atoms with van der Waals surface area (Å²) in [6, 6.07) is 12.2. The smallest absolute Gasteiger partial charge is 0.261 e. The fourth-order valence-corrected chi connectivity index (χ4v) is 4.52. The zero-order valence-corrected chi connectivity index (χ0v) is 17.9. The fraction of sp³-hybridized carbons (Fsp3) is 0.304. The van der Waals surface area contributed by atoms with Crippen LogP contribution in [0.1, 0.15) is 41.9 Å². The van der Waals surface area contributed by atoms with E-state index in [1.54, 1.807) is 28.8 Å². The number of amides is 2. The molecule has 3 aromatic rings. The Morgan fingerprint density at radius 1 is 1.10 bits per heavy atom. The monoisotopic (exact) mass is 436 g/mol. The van der Waals surface area contributed by atoms with E-state index < -0.39 is 5.91 Å². The lowest BCUT2D eigenvalue weighted by Crippen LogP contribution is -2.26. The largest absolute Gasteiger partial charge is 0.369 e. The van der Waals surface area contributed by atoms with Crippen LogP contribution in [0.3, 0.4) is 0 Å². The number of aryl methyl sites for hydroxylation is 1. The molecule has 1 aliphatic rings. The van der Waals surface area contributed by atoms with E-state index in [0.29, 0.717) is 28.7 Å². The van der Waals surface area contributed by atoms with Gasteiger partial charge in [-0.25, -0.2) is 4.98 Å². The summed E-state index contributed by atoms with van der Waals surface area (Å²) in [7, 11) is 0. The number of nitrogens with two attached hydrogens (primary N) is 1. The minimum atomic E-state index is -0.423. The number of nitrogens with one attached hydrogen (secondary N) is 1. The summed E-state index contributed by atoms with van der Waals surface area (Å²) in [6.45, 7) is 0.694. The first-order valence-corrected chi connectivity index (χ1v) is 11.4. The summed E-state index contributed by atoms with van der Waals surface area (Å²) in [6.07, 6.45) is 5.03. The molecule has 0 spiro atoms. The van der Waals surface area contributed by atoms with Crippen molar-refractivity contribution in [1.82, 2.24) is 9.55 Å². The SMILES string of the molecule is NC(=O)CSc1ccccc1NC(=O)c1ccc2c(=O)n3c(nc2c1)CCCCCC3. The van der Waals surface area contributed by atoms with Gasteiger partial charge >= 0.3 is 0 Å². The number of aromatic nitrogens is 2. The molecule has 0 fully saturated rings. The van der Waals surface area contributed by atoms with E-state index in [1.807, 2.05) is 18.2 Å². The number of primary amides is 1. The van der Waals surface area contributed by atoms with Crippen molar-refractivity contribution >= 4 is 40.2 Å². The molecular weight excluding hydrogens is 412 g/mol. The Bertz CT molecular complexity index is 1210. The van der Waals surface area contributed by atoms with Gasteiger partial charge in [-0.2, -0.15) is 0 Å². The van der Waals surface area contributed by atoms with Crippen LogP contribution in [0.15, 0.2) is 52.2 Å². The van der Waals surface area contributed by atoms with Gasteiger partial charge in [0.25, 0.3) is 11.5 Å². The zero-order valence-electron chi connectivity index (χ0n) is 17.1. The molecule has 8 heteroatoms. The van der Waals surface area contributed by atoms with Crippen LogP contribution in [0.5, 0.6) is 0 Å². The van der Waals surface area contributed by atoms with Crippen molar-refractivity contribution in [2.45, 2.75) is 43.5 Å². The number of fused-ring (bicyclic) bond motifs is 2. The van der Waals surface area contributed by atoms with Crippen molar-refractivity contribution in [3.05, 3.63) is 64.2 Å². The van der Waals surface area contributed by atoms with Crippen molar-refractivity contribution in [2.75, 3.05) is 11.1 Å². The second-order valence-corrected chi connectivity index (χ2v) is 8.60. The van der Waals surface area contributed by atoms with E-state index in [-0.39, 0.29) is 17.2 Å². The van der Waals surface area contributed by atoms with Gasteiger partial charge in [0.05, 0.1) is 22.3 Å². The Labute approximate surface area is 184 Å². The van der Waals surface area contributed by atoms with Gasteiger partial charge in [-0.15, -0.1) is 11.8 Å². The third-order valence-electron chi connectivity index (χ3n) is 5.33. The van der Waals surface area contributed by atoms with Crippen molar-refractivity contribution in [2.24, 2.45) is 5.73 Å². The van der Waals surface area contributed by atoms with E-state index in [0.717, 1.165) is 42.8 Å². The van der Waals surface area contributed by atoms with Gasteiger partial charge in [0.15, 0.2) is 0 Å². The van der Waals surface area contributed by atoms with Crippen LogP contribution in [0.25, 0.3) is 10.9 Å². The molecule has 0 aliphatic carbocycles. The number of rotatable bonds is 5. The summed E-state index contributed by atoms with van der Waals surface area (Å²) < 4.78 is 1.79. The quantitative estimate of drug-likeness (QED) is 0.597. The maximum Gasteiger partial charge on any atom is 0.261 e. The molecular formula is C23H24N4O3S. The van der Waals surface area contributed by atoms with Crippen molar-refractivity contribution in [1.29, 1.82) is 0 Å². The number of benzene rings is 2. The molecule has 0 saturated carbocycles. The Morgan fingerprint density at radius 2 is 1.90 bits per heavy atom. The summed E-state index contributed by atoms with van der Waals surface area (Å²) >= 11 is 1.27. The van der Waals surface area contributed by atoms with E-state index in [4.69, 9.17) is 10.7 Å². The van der Waals surface area contributed by atoms with Crippen LogP contribution in [0.4, 0.5) is 5.69 Å². The zero-order chi connectivity index (χ0) is 21.8. The van der Waals surface area contributed by atoms with Crippen molar-refractivity contribution in [3.8, 4) is 0 Å². The van der Waals surface area contributed by atoms with Crippen LogP contribution in [0, 0.1) is 0 Å². The molecule has 4 rings (SSSR count). The van der Waals surface area contributed by atoms with E-state index in [1.165, 1.54) is 11.8 Å². The number of hydrogen-bond donors (Lipinski definition) is 2. The van der Waals surface area contributed by atoms with Gasteiger partial charge in [0.1, 0.15) is 5.82 Å². The molecule has 31 heavy (non-hydrogen) atoms. The normalized spacial score (nSPS) is 13.8. The Kier molecular flexibility index (Phi) is 6.36. The molecule has 7 nitrogen and oxygen atoms in total. The number of hydrogen-bond acceptors (Lipinski definition) is 5. The van der Waals surface area contributed by atoms with Gasteiger partial charge in [0, 0.05) is 23.4 Å². The van der Waals surface area contributed by atoms with Crippen molar-refractivity contribution < 1.29 is 9.59 Å². The number of thioether (sulfide) groups is 1. The van der Waals surface area contributed by atoms with Gasteiger partial charge < -0.3 is 11.1 Å². The molecule has 0 atom stereocenters. The minimum absolute atomic E-state index is 0.0398. The Morgan fingerprint density at radius 3 is 2.74 bits per heavy atom. The number of carbonyl (C=O) groups excluding carboxylic acids is 2. The molecule has 0 radical (unpaired) electrons. The summed E-state index contributed by atoms with van der Waals surface area (Å²) in [4.78, 5) is 42.4. The predicted octanol–water partition coefficient (Wildman–Crippen LogP) is 3.34. The molecule has 0 saturated heterocycles. The lowest BCUT2D eigenvalue weighted by Gasteiger charge is -2.16. The van der Waals surface area contributed by atoms with Gasteiger partial charge in [-0.05, 0) is 43.2 Å². The summed E-state index contributed by atoms with van der Waals surface area (Å²) in [5, 5.41) is 3.41. The first kappa shape index (κ1) is 21.1. The fourth-order valence-electron chi connectivity index (χ4n) is 3.78. The van der Waals surface area contributed by atoms with E-state index in [9.17, 15) is 14.4 Å². The topological polar surface area (TPSA) is 107 Å². The van der Waals surface area contributed by atoms with Crippen molar-refractivity contribution in [3.63, 3.8) is 0 Å². The molecule has 0 bridgehead atoms. The summed E-state index contributed by atoms with van der Waals surface area (Å²) in [5.74, 6) is 0.195. The average molecular weight is 437 g/mol. The van der Waals surface area contributed by atoms with E-state index in [2.05, 4.69) is 5.32 Å². The second-order valence-electron chi connectivity index (χ2n) is 7.59. The number of anilines is 1. The molecule has 1 aromatic heterocycles. The third-order valence-corrected chi connectivity index (χ3v) is 6.43. The third kappa shape index (κ3) is 4.80. The lowest BCUT2D eigenvalue weighted by molar-refractivity contribution is -0.115. The average Bonchev–Trinajstić information content (AvgIpc) is 2.74. The molecule has 0 unspecified atom stereocenters. The minimum Gasteiger partial charge on any atom is -0.369 e. The molecule has 2 amide bonds. The Hall–Kier alpha value is -3.13. The molecule has 1 aliphatic heterocycles. The first-order valence-electron chi connectivity index (χ1n) is 10.4. The second kappa shape index (κ2) is 9.34. The van der Waals surface area contributed by atoms with Gasteiger partial charge in [0.2, 0.25) is 5.91 Å². The highest BCUT2D eigenvalue weighted by molar-refractivity contribution is 8.00. The van der Waals surface area contributed by atoms with Gasteiger partial charge in [-0.1, -0.05) is 25.0 Å². The van der Waals surface area contributed by atoms with Crippen LogP contribution < -0.4 is 16.6 Å². The highest BCUT2D eigenvalue weighted by atomic mass is 32.2. The lowest BCUT2D eigenvalue weighted by atomic mass is 10.1. The highest BCUT2D eigenvalue weighted by Gasteiger charge is 2.16. The van der Waals surface area contributed by atoms with Gasteiger partial charge in [-0.3, -0.25) is 19.0 Å². The van der Waals surface area contributed by atoms with Crippen LogP contribution in [-0.4, -0.2) is 27.1 Å².